The number of allylic oxidation sites excluding steroid dienone is 2. The first-order chi connectivity index (χ1) is 17.7. The molecule has 1 atom stereocenters. The van der Waals surface area contributed by atoms with E-state index in [1.807, 2.05) is 26.0 Å². The first kappa shape index (κ1) is 25.9. The van der Waals surface area contributed by atoms with Gasteiger partial charge in [-0.2, -0.15) is 10.2 Å². The number of nitrogens with zero attached hydrogens (tertiary/aromatic N) is 6. The molecule has 37 heavy (non-hydrogen) atoms. The molecular weight excluding hydrogens is 474 g/mol. The van der Waals surface area contributed by atoms with E-state index in [1.54, 1.807) is 35.9 Å². The van der Waals surface area contributed by atoms with Crippen LogP contribution in [0.3, 0.4) is 0 Å². The first-order valence-corrected chi connectivity index (χ1v) is 12.2. The molecule has 194 valence electrons. The number of para-hydroxylation sites is 1. The predicted molar refractivity (Wildman–Crippen MR) is 140 cm³/mol. The number of anilines is 1. The molecule has 1 aliphatic rings. The lowest BCUT2D eigenvalue weighted by atomic mass is 10.1. The molecule has 1 aliphatic heterocycles. The number of benzene rings is 1. The molecule has 3 aromatic rings. The molecule has 0 amide bonds. The van der Waals surface area contributed by atoms with Crippen molar-refractivity contribution in [3.63, 3.8) is 0 Å². The Balaban J connectivity index is 1.85. The highest BCUT2D eigenvalue weighted by molar-refractivity contribution is 5.98. The maximum Gasteiger partial charge on any atom is 0.332 e. The van der Waals surface area contributed by atoms with Crippen molar-refractivity contribution in [3.8, 4) is 11.8 Å². The highest BCUT2D eigenvalue weighted by Gasteiger charge is 2.27. The lowest BCUT2D eigenvalue weighted by molar-refractivity contribution is 0.0965. The van der Waals surface area contributed by atoms with Crippen molar-refractivity contribution in [3.05, 3.63) is 62.3 Å². The number of aromatic nitrogens is 4. The van der Waals surface area contributed by atoms with Crippen LogP contribution in [0, 0.1) is 11.3 Å². The van der Waals surface area contributed by atoms with Gasteiger partial charge in [0.1, 0.15) is 11.8 Å². The van der Waals surface area contributed by atoms with Crippen LogP contribution in [0.4, 0.5) is 5.95 Å². The zero-order valence-corrected chi connectivity index (χ0v) is 21.3. The summed E-state index contributed by atoms with van der Waals surface area (Å²) in [6.07, 6.45) is 3.80. The van der Waals surface area contributed by atoms with Gasteiger partial charge >= 0.3 is 5.69 Å². The van der Waals surface area contributed by atoms with Crippen molar-refractivity contribution in [2.45, 2.75) is 45.8 Å². The van der Waals surface area contributed by atoms with Gasteiger partial charge in [-0.05, 0) is 38.8 Å². The molecule has 4 rings (SSSR count). The highest BCUT2D eigenvalue weighted by atomic mass is 16.5. The van der Waals surface area contributed by atoms with Gasteiger partial charge in [-0.15, -0.1) is 0 Å². The lowest BCUT2D eigenvalue weighted by Crippen LogP contribution is -2.44. The number of Topliss-reactive ketones (excluding diaryl/α,β-unsaturated/α-hetero) is 1. The van der Waals surface area contributed by atoms with E-state index in [4.69, 9.17) is 20.7 Å². The quantitative estimate of drug-likeness (QED) is 0.359. The number of fused-ring (bicyclic) bond motifs is 1. The van der Waals surface area contributed by atoms with E-state index in [0.717, 1.165) is 29.5 Å². The number of carbonyl (C=O) groups excluding carboxylic acids is 1. The maximum absolute atomic E-state index is 13.7. The van der Waals surface area contributed by atoms with Crippen LogP contribution < -0.4 is 26.6 Å². The molecule has 2 aromatic heterocycles. The fourth-order valence-corrected chi connectivity index (χ4v) is 4.54. The van der Waals surface area contributed by atoms with Crippen molar-refractivity contribution in [2.75, 3.05) is 24.6 Å². The van der Waals surface area contributed by atoms with Crippen LogP contribution in [0.1, 0.15) is 37.0 Å². The Kier molecular flexibility index (Phi) is 7.59. The Morgan fingerprint density at radius 2 is 2.03 bits per heavy atom. The molecule has 1 fully saturated rings. The van der Waals surface area contributed by atoms with Gasteiger partial charge in [0.2, 0.25) is 5.95 Å². The molecule has 0 saturated carbocycles. The Bertz CT molecular complexity index is 1520. The van der Waals surface area contributed by atoms with Crippen LogP contribution in [-0.2, 0) is 20.1 Å². The molecule has 2 N–H and O–H groups in total. The van der Waals surface area contributed by atoms with Crippen molar-refractivity contribution in [1.29, 1.82) is 5.26 Å². The molecule has 1 saturated heterocycles. The van der Waals surface area contributed by atoms with Gasteiger partial charge in [0.25, 0.3) is 5.56 Å². The first-order valence-electron chi connectivity index (χ1n) is 12.2. The lowest BCUT2D eigenvalue weighted by Gasteiger charge is -2.31. The number of nitrogens with two attached hydrogens (primary N) is 1. The Morgan fingerprint density at radius 3 is 2.73 bits per heavy atom. The highest BCUT2D eigenvalue weighted by Crippen LogP contribution is 2.24. The second-order valence-corrected chi connectivity index (χ2v) is 9.42. The van der Waals surface area contributed by atoms with E-state index in [9.17, 15) is 14.4 Å². The minimum Gasteiger partial charge on any atom is -0.478 e. The summed E-state index contributed by atoms with van der Waals surface area (Å²) in [4.78, 5) is 47.0. The monoisotopic (exact) mass is 505 g/mol. The third kappa shape index (κ3) is 5.20. The number of ether oxygens (including phenoxy) is 1. The largest absolute Gasteiger partial charge is 0.478 e. The Morgan fingerprint density at radius 1 is 1.27 bits per heavy atom. The number of piperidine rings is 1. The fraction of sp³-hybridized carbons (Fsp3) is 0.423. The van der Waals surface area contributed by atoms with Crippen LogP contribution in [0.25, 0.3) is 11.2 Å². The summed E-state index contributed by atoms with van der Waals surface area (Å²) in [7, 11) is 1.54. The van der Waals surface area contributed by atoms with Gasteiger partial charge in [-0.3, -0.25) is 18.7 Å². The molecule has 1 unspecified atom stereocenters. The Hall–Kier alpha value is -4.17. The second-order valence-electron chi connectivity index (χ2n) is 9.42. The van der Waals surface area contributed by atoms with E-state index in [-0.39, 0.29) is 35.1 Å². The second kappa shape index (κ2) is 10.8. The molecular formula is C26H31N7O4. The van der Waals surface area contributed by atoms with E-state index < -0.39 is 23.6 Å². The van der Waals surface area contributed by atoms with Gasteiger partial charge in [0, 0.05) is 32.7 Å². The molecule has 0 aliphatic carbocycles. The predicted octanol–water partition coefficient (Wildman–Crippen LogP) is 1.58. The van der Waals surface area contributed by atoms with Gasteiger partial charge in [-0.25, -0.2) is 4.79 Å². The van der Waals surface area contributed by atoms with Crippen LogP contribution in [-0.4, -0.2) is 50.2 Å². The topological polar surface area (TPSA) is 141 Å². The molecule has 3 heterocycles. The number of hydrogen-bond donors (Lipinski definition) is 1. The number of ketones is 1. The summed E-state index contributed by atoms with van der Waals surface area (Å²) < 4.78 is 9.39. The third-order valence-corrected chi connectivity index (χ3v) is 6.42. The van der Waals surface area contributed by atoms with Gasteiger partial charge in [0.05, 0.1) is 12.1 Å². The van der Waals surface area contributed by atoms with Gasteiger partial charge in [-0.1, -0.05) is 23.8 Å². The molecule has 0 radical (unpaired) electrons. The number of imidazole rings is 1. The summed E-state index contributed by atoms with van der Waals surface area (Å²) in [5, 5.41) is 8.84. The standard InChI is InChI=1S/C26H31N7O4/c1-17(2)10-13-32-22-23(29-25(32)31-12-6-7-18(28)15-31)30(3)26(36)33(24(22)35)16-20(34)19-8-4-5-9-21(19)37-14-11-27/h4-5,8-10,18H,6-7,12-16,28H2,1-3H3. The summed E-state index contributed by atoms with van der Waals surface area (Å²) >= 11 is 0. The zero-order valence-electron chi connectivity index (χ0n) is 21.3. The summed E-state index contributed by atoms with van der Waals surface area (Å²) in [5.41, 5.74) is 6.73. The number of carbonyl (C=O) groups is 1. The number of rotatable bonds is 8. The van der Waals surface area contributed by atoms with Gasteiger partial charge in [0.15, 0.2) is 23.6 Å². The average Bonchev–Trinajstić information content (AvgIpc) is 3.27. The molecule has 0 spiro atoms. The molecule has 11 heteroatoms. The van der Waals surface area contributed by atoms with Crippen molar-refractivity contribution in [1.82, 2.24) is 18.7 Å². The normalized spacial score (nSPS) is 15.4. The van der Waals surface area contributed by atoms with Crippen molar-refractivity contribution >= 4 is 22.9 Å². The average molecular weight is 506 g/mol. The molecule has 0 bridgehead atoms. The molecule has 1 aromatic carbocycles. The summed E-state index contributed by atoms with van der Waals surface area (Å²) in [5.74, 6) is 0.316. The number of nitriles is 1. The minimum absolute atomic E-state index is 0.00751. The van der Waals surface area contributed by atoms with Crippen LogP contribution in [0.5, 0.6) is 5.75 Å². The van der Waals surface area contributed by atoms with Crippen molar-refractivity contribution in [2.24, 2.45) is 12.8 Å². The van der Waals surface area contributed by atoms with Crippen LogP contribution >= 0.6 is 0 Å². The van der Waals surface area contributed by atoms with Crippen LogP contribution in [0.2, 0.25) is 0 Å². The van der Waals surface area contributed by atoms with E-state index in [2.05, 4.69) is 4.90 Å². The van der Waals surface area contributed by atoms with Crippen LogP contribution in [0.15, 0.2) is 45.5 Å². The maximum atomic E-state index is 13.7. The zero-order chi connectivity index (χ0) is 26.7. The summed E-state index contributed by atoms with van der Waals surface area (Å²) in [6, 6.07) is 8.30. The summed E-state index contributed by atoms with van der Waals surface area (Å²) in [6.45, 7) is 4.94. The fourth-order valence-electron chi connectivity index (χ4n) is 4.54. The van der Waals surface area contributed by atoms with Crippen molar-refractivity contribution < 1.29 is 9.53 Å². The number of aryl methyl sites for hydroxylation is 1. The van der Waals surface area contributed by atoms with Gasteiger partial charge < -0.3 is 19.9 Å². The third-order valence-electron chi connectivity index (χ3n) is 6.42. The molecule has 11 nitrogen and oxygen atoms in total. The minimum atomic E-state index is -0.643. The smallest absolute Gasteiger partial charge is 0.332 e. The SMILES string of the molecule is CC(C)=CCn1c(N2CCCC(N)C2)nc2c1c(=O)n(CC(=O)c1ccccc1OCC#N)c(=O)n2C. The number of hydrogen-bond acceptors (Lipinski definition) is 8. The van der Waals surface area contributed by atoms with E-state index in [1.165, 1.54) is 4.57 Å². The Labute approximate surface area is 214 Å². The van der Waals surface area contributed by atoms with E-state index >= 15 is 0 Å². The van der Waals surface area contributed by atoms with E-state index in [0.29, 0.717) is 19.0 Å².